The largest absolute Gasteiger partial charge is 0.414 e. The van der Waals surface area contributed by atoms with E-state index >= 15 is 0 Å². The molecule has 1 saturated heterocycles. The number of allylic oxidation sites excluding steroid dienone is 1. The molecule has 0 N–H and O–H groups in total. The molecule has 0 aromatic carbocycles. The van der Waals surface area contributed by atoms with Gasteiger partial charge in [0.25, 0.3) is 0 Å². The lowest BCUT2D eigenvalue weighted by molar-refractivity contribution is -0.321. The van der Waals surface area contributed by atoms with Crippen LogP contribution in [0.3, 0.4) is 0 Å². The summed E-state index contributed by atoms with van der Waals surface area (Å²) in [5.41, 5.74) is 0. The van der Waals surface area contributed by atoms with E-state index in [1.165, 1.54) is 6.92 Å². The maximum Gasteiger partial charge on any atom is 0.414 e. The van der Waals surface area contributed by atoms with Gasteiger partial charge in [-0.25, -0.2) is 0 Å². The van der Waals surface area contributed by atoms with Gasteiger partial charge in [-0.2, -0.15) is 13.2 Å². The molecule has 2 fully saturated rings. The summed E-state index contributed by atoms with van der Waals surface area (Å²) in [6, 6.07) is 0. The molecular formula is C17H25F3O2. The minimum atomic E-state index is -4.32. The number of fused-ring (bicyclic) bond motifs is 1. The van der Waals surface area contributed by atoms with Crippen LogP contribution in [0.2, 0.25) is 0 Å². The minimum Gasteiger partial charge on any atom is -0.346 e. The Balaban J connectivity index is 1.73. The summed E-state index contributed by atoms with van der Waals surface area (Å²) in [5.74, 6) is -0.540. The molecular weight excluding hydrogens is 293 g/mol. The van der Waals surface area contributed by atoms with Crippen LogP contribution in [-0.2, 0) is 9.47 Å². The quantitative estimate of drug-likeness (QED) is 0.680. The van der Waals surface area contributed by atoms with Gasteiger partial charge >= 0.3 is 6.18 Å². The third-order valence-corrected chi connectivity index (χ3v) is 5.41. The van der Waals surface area contributed by atoms with Gasteiger partial charge < -0.3 is 9.47 Å². The fourth-order valence-corrected chi connectivity index (χ4v) is 4.27. The average Bonchev–Trinajstić information content (AvgIpc) is 3.01. The fourth-order valence-electron chi connectivity index (χ4n) is 4.27. The molecule has 3 aliphatic rings. The highest BCUT2D eigenvalue weighted by molar-refractivity contribution is 5.03. The molecule has 0 aromatic heterocycles. The first-order valence-electron chi connectivity index (χ1n) is 8.53. The Hall–Kier alpha value is -0.550. The van der Waals surface area contributed by atoms with E-state index in [4.69, 9.17) is 9.47 Å². The molecule has 0 aromatic rings. The van der Waals surface area contributed by atoms with Gasteiger partial charge in [0.2, 0.25) is 0 Å². The molecule has 0 amide bonds. The molecule has 5 heteroatoms. The van der Waals surface area contributed by atoms with Gasteiger partial charge in [-0.05, 0) is 44.9 Å². The summed E-state index contributed by atoms with van der Waals surface area (Å²) >= 11 is 0. The molecule has 1 saturated carbocycles. The molecule has 0 radical (unpaired) electrons. The van der Waals surface area contributed by atoms with Crippen molar-refractivity contribution in [2.45, 2.75) is 82.5 Å². The Morgan fingerprint density at radius 3 is 2.77 bits per heavy atom. The van der Waals surface area contributed by atoms with Crippen LogP contribution >= 0.6 is 0 Å². The second-order valence-electron chi connectivity index (χ2n) is 6.87. The maximum atomic E-state index is 13.1. The number of hydrogen-bond donors (Lipinski definition) is 0. The van der Waals surface area contributed by atoms with Crippen LogP contribution in [0.1, 0.15) is 58.3 Å². The van der Waals surface area contributed by atoms with Crippen LogP contribution in [0, 0.1) is 11.8 Å². The van der Waals surface area contributed by atoms with Crippen molar-refractivity contribution in [1.29, 1.82) is 0 Å². The van der Waals surface area contributed by atoms with Crippen molar-refractivity contribution in [2.75, 3.05) is 0 Å². The average molecular weight is 318 g/mol. The summed E-state index contributed by atoms with van der Waals surface area (Å²) in [7, 11) is 0. The van der Waals surface area contributed by atoms with Gasteiger partial charge in [-0.3, -0.25) is 0 Å². The number of alkyl halides is 3. The highest BCUT2D eigenvalue weighted by Crippen LogP contribution is 2.52. The van der Waals surface area contributed by atoms with E-state index < -0.39 is 18.1 Å². The zero-order valence-corrected chi connectivity index (χ0v) is 13.1. The second kappa shape index (κ2) is 6.16. The monoisotopic (exact) mass is 318 g/mol. The highest BCUT2D eigenvalue weighted by Gasteiger charge is 2.57. The van der Waals surface area contributed by atoms with E-state index in [1.807, 2.05) is 0 Å². The van der Waals surface area contributed by atoms with Crippen molar-refractivity contribution in [2.24, 2.45) is 11.8 Å². The summed E-state index contributed by atoms with van der Waals surface area (Å²) < 4.78 is 51.0. The SMILES string of the molecule is CCC(OC12CCCC1CC(C1C=CCCC1)O2)C(F)(F)F. The van der Waals surface area contributed by atoms with Crippen LogP contribution in [0.5, 0.6) is 0 Å². The van der Waals surface area contributed by atoms with Gasteiger partial charge in [-0.15, -0.1) is 0 Å². The molecule has 5 unspecified atom stereocenters. The first-order chi connectivity index (χ1) is 10.4. The van der Waals surface area contributed by atoms with Crippen molar-refractivity contribution in [1.82, 2.24) is 0 Å². The van der Waals surface area contributed by atoms with Crippen molar-refractivity contribution in [3.63, 3.8) is 0 Å². The van der Waals surface area contributed by atoms with E-state index in [1.54, 1.807) is 0 Å². The van der Waals surface area contributed by atoms with Crippen molar-refractivity contribution < 1.29 is 22.6 Å². The van der Waals surface area contributed by atoms with Gasteiger partial charge in [0.1, 0.15) is 0 Å². The molecule has 5 atom stereocenters. The molecule has 126 valence electrons. The number of ether oxygens (including phenoxy) is 2. The van der Waals surface area contributed by atoms with E-state index in [0.717, 1.165) is 38.5 Å². The molecule has 1 heterocycles. The maximum absolute atomic E-state index is 13.1. The standard InChI is InChI=1S/C17H25F3O2/c1-2-15(17(18,19)20)22-16-10-6-9-13(16)11-14(21-16)12-7-4-3-5-8-12/h4,7,12-15H,2-3,5-6,8-11H2,1H3. The first-order valence-corrected chi connectivity index (χ1v) is 8.53. The van der Waals surface area contributed by atoms with Crippen LogP contribution in [0.4, 0.5) is 13.2 Å². The Labute approximate surface area is 130 Å². The number of halogens is 3. The fraction of sp³-hybridized carbons (Fsp3) is 0.882. The Kier molecular flexibility index (Phi) is 4.56. The molecule has 2 nitrogen and oxygen atoms in total. The number of hydrogen-bond acceptors (Lipinski definition) is 2. The van der Waals surface area contributed by atoms with Crippen molar-refractivity contribution >= 4 is 0 Å². The van der Waals surface area contributed by atoms with E-state index in [9.17, 15) is 13.2 Å². The van der Waals surface area contributed by atoms with Crippen LogP contribution in [0.15, 0.2) is 12.2 Å². The predicted octanol–water partition coefficient (Wildman–Crippen LogP) is 4.99. The van der Waals surface area contributed by atoms with Crippen LogP contribution in [-0.4, -0.2) is 24.2 Å². The zero-order valence-electron chi connectivity index (χ0n) is 13.1. The van der Waals surface area contributed by atoms with Gasteiger partial charge in [-0.1, -0.05) is 19.1 Å². The Morgan fingerprint density at radius 2 is 2.14 bits per heavy atom. The third kappa shape index (κ3) is 3.07. The predicted molar refractivity (Wildman–Crippen MR) is 77.3 cm³/mol. The van der Waals surface area contributed by atoms with Gasteiger partial charge in [0, 0.05) is 18.3 Å². The first kappa shape index (κ1) is 16.3. The second-order valence-corrected chi connectivity index (χ2v) is 6.87. The van der Waals surface area contributed by atoms with E-state index in [0.29, 0.717) is 12.3 Å². The lowest BCUT2D eigenvalue weighted by Gasteiger charge is -2.35. The molecule has 3 rings (SSSR count). The Morgan fingerprint density at radius 1 is 1.32 bits per heavy atom. The highest BCUT2D eigenvalue weighted by atomic mass is 19.4. The smallest absolute Gasteiger partial charge is 0.346 e. The lowest BCUT2D eigenvalue weighted by Crippen LogP contribution is -2.44. The topological polar surface area (TPSA) is 18.5 Å². The van der Waals surface area contributed by atoms with E-state index in [-0.39, 0.29) is 18.4 Å². The normalized spacial score (nSPS) is 39.9. The van der Waals surface area contributed by atoms with Crippen LogP contribution < -0.4 is 0 Å². The molecule has 22 heavy (non-hydrogen) atoms. The van der Waals surface area contributed by atoms with Gasteiger partial charge in [0.05, 0.1) is 6.10 Å². The molecule has 1 aliphatic heterocycles. The van der Waals surface area contributed by atoms with Crippen molar-refractivity contribution in [3.05, 3.63) is 12.2 Å². The molecule has 2 aliphatic carbocycles. The molecule has 0 spiro atoms. The van der Waals surface area contributed by atoms with E-state index in [2.05, 4.69) is 12.2 Å². The third-order valence-electron chi connectivity index (χ3n) is 5.41. The summed E-state index contributed by atoms with van der Waals surface area (Å²) in [4.78, 5) is 0. The van der Waals surface area contributed by atoms with Crippen molar-refractivity contribution in [3.8, 4) is 0 Å². The Bertz CT molecular complexity index is 421. The summed E-state index contributed by atoms with van der Waals surface area (Å²) in [6.07, 6.45) is 4.83. The van der Waals surface area contributed by atoms with Crippen LogP contribution in [0.25, 0.3) is 0 Å². The zero-order chi connectivity index (χ0) is 15.8. The molecule has 0 bridgehead atoms. The van der Waals surface area contributed by atoms with Gasteiger partial charge in [0.15, 0.2) is 11.9 Å². The summed E-state index contributed by atoms with van der Waals surface area (Å²) in [6.45, 7) is 1.52. The minimum absolute atomic E-state index is 0.0209. The number of rotatable bonds is 4. The summed E-state index contributed by atoms with van der Waals surface area (Å²) in [5, 5.41) is 0. The lowest BCUT2D eigenvalue weighted by atomic mass is 9.87.